The van der Waals surface area contributed by atoms with E-state index in [1.807, 2.05) is 61.3 Å². The Hall–Kier alpha value is -6.94. The molecular weight excluding hydrogens is 841 g/mol. The number of amides is 4. The molecule has 7 atom stereocenters. The van der Waals surface area contributed by atoms with Crippen LogP contribution in [0.3, 0.4) is 0 Å². The number of likely N-dealkylation sites (tertiary alicyclic amines) is 2. The molecule has 4 aromatic carbocycles. The summed E-state index contributed by atoms with van der Waals surface area (Å²) in [6.45, 7) is 7.91. The van der Waals surface area contributed by atoms with E-state index < -0.39 is 30.3 Å². The number of alkyl carbamates (subject to hydrolysis) is 2. The highest BCUT2D eigenvalue weighted by atomic mass is 16.5. The van der Waals surface area contributed by atoms with Crippen molar-refractivity contribution in [3.05, 3.63) is 102 Å². The summed E-state index contributed by atoms with van der Waals surface area (Å²) in [5.41, 5.74) is 7.11. The summed E-state index contributed by atoms with van der Waals surface area (Å²) in [4.78, 5) is 73.7. The number of hydrogen-bond donors (Lipinski definition) is 4. The van der Waals surface area contributed by atoms with Gasteiger partial charge >= 0.3 is 12.2 Å². The molecule has 0 aliphatic carbocycles. The number of rotatable bonds is 12. The van der Waals surface area contributed by atoms with Crippen molar-refractivity contribution >= 4 is 45.8 Å². The number of H-pyrrole nitrogens is 2. The van der Waals surface area contributed by atoms with E-state index in [-0.39, 0.29) is 35.6 Å². The fraction of sp³-hybridized carbons (Fsp3) is 0.400. The van der Waals surface area contributed by atoms with Gasteiger partial charge in [0.05, 0.1) is 55.8 Å². The van der Waals surface area contributed by atoms with Crippen LogP contribution in [0.5, 0.6) is 5.75 Å². The van der Waals surface area contributed by atoms with Crippen molar-refractivity contribution in [2.24, 2.45) is 17.8 Å². The fourth-order valence-electron chi connectivity index (χ4n) is 9.94. The maximum absolute atomic E-state index is 14.4. The van der Waals surface area contributed by atoms with Crippen LogP contribution >= 0.6 is 0 Å². The number of imidazole rings is 2. The minimum absolute atomic E-state index is 0.0579. The highest BCUT2D eigenvalue weighted by molar-refractivity contribution is 6.07. The number of nitrogens with one attached hydrogen (secondary N) is 4. The number of fused-ring (bicyclic) bond motifs is 6. The average Bonchev–Trinajstić information content (AvgIpc) is 4.17. The second-order valence-electron chi connectivity index (χ2n) is 17.9. The first-order valence-electron chi connectivity index (χ1n) is 22.6. The third-order valence-corrected chi connectivity index (χ3v) is 13.5. The molecule has 4 N–H and O–H groups in total. The first kappa shape index (κ1) is 44.3. The first-order valence-corrected chi connectivity index (χ1v) is 22.6. The number of methoxy groups -OCH3 is 3. The molecule has 6 aromatic rings. The summed E-state index contributed by atoms with van der Waals surface area (Å²) in [6.07, 6.45) is 2.58. The predicted molar refractivity (Wildman–Crippen MR) is 247 cm³/mol. The number of benzene rings is 4. The fourth-order valence-corrected chi connectivity index (χ4v) is 9.94. The molecular formula is C50H56N8O8. The SMILES string of the molecule is CC[C@H](C)[C@H](NC(=O)OC)C(=O)N1C[C@@H](C)C[C@H]1c1ncc(-c2ccc3c(c2)COc2cc4c(ccc5nc([C@@H]6C[C@H](COC)CN6C(=O)C(NC(=O)OC)c6ccccc6)[nH]c54)cc2-3)[nH]1. The molecule has 9 rings (SSSR count). The Morgan fingerprint density at radius 3 is 2.36 bits per heavy atom. The van der Waals surface area contributed by atoms with Crippen molar-refractivity contribution in [2.75, 3.05) is 41.0 Å². The number of aromatic amines is 2. The van der Waals surface area contributed by atoms with Gasteiger partial charge in [0.2, 0.25) is 5.91 Å². The third kappa shape index (κ3) is 8.41. The zero-order valence-corrected chi connectivity index (χ0v) is 38.1. The molecule has 3 aliphatic heterocycles. The molecule has 5 heterocycles. The van der Waals surface area contributed by atoms with Crippen LogP contribution < -0.4 is 15.4 Å². The lowest BCUT2D eigenvalue weighted by Gasteiger charge is -2.30. The van der Waals surface area contributed by atoms with Crippen molar-refractivity contribution in [1.29, 1.82) is 0 Å². The zero-order valence-electron chi connectivity index (χ0n) is 38.1. The van der Waals surface area contributed by atoms with Crippen LogP contribution in [-0.2, 0) is 30.4 Å². The number of carbonyl (C=O) groups is 4. The maximum Gasteiger partial charge on any atom is 0.407 e. The van der Waals surface area contributed by atoms with Gasteiger partial charge in [-0.15, -0.1) is 0 Å². The molecule has 4 amide bonds. The molecule has 3 aliphatic rings. The van der Waals surface area contributed by atoms with Gasteiger partial charge in [0.25, 0.3) is 5.91 Å². The van der Waals surface area contributed by atoms with Crippen LogP contribution in [0.2, 0.25) is 0 Å². The summed E-state index contributed by atoms with van der Waals surface area (Å²) >= 11 is 0. The standard InChI is InChI=1S/C50H56N8O8/c1-7-28(3)42(55-49(61)64-5)47(59)57-23-27(2)17-39(57)45-51-22-38(53-45)32-13-15-34-33(19-32)26-66-41-21-35-31(20-36(34)41)14-16-37-44(35)54-46(52-37)40-18-29(25-63-4)24-58(40)48(60)43(56-50(62)65-6)30-11-9-8-10-12-30/h8-16,19-22,27-29,39-40,42-43H,7,17-18,23-26H2,1-6H3,(H,51,53)(H,52,54)(H,55,61)(H,56,62)/t27-,28-,29-,39-,40-,42-,43?/m0/s1. The van der Waals surface area contributed by atoms with E-state index in [4.69, 9.17) is 28.9 Å². The Bertz CT molecular complexity index is 2790. The molecule has 0 radical (unpaired) electrons. The van der Waals surface area contributed by atoms with Gasteiger partial charge in [0, 0.05) is 37.1 Å². The molecule has 16 nitrogen and oxygen atoms in total. The Balaban J connectivity index is 0.979. The summed E-state index contributed by atoms with van der Waals surface area (Å²) in [6, 6.07) is 21.4. The van der Waals surface area contributed by atoms with Crippen molar-refractivity contribution < 1.29 is 38.1 Å². The van der Waals surface area contributed by atoms with Crippen LogP contribution in [0.15, 0.2) is 79.0 Å². The lowest BCUT2D eigenvalue weighted by molar-refractivity contribution is -0.136. The Morgan fingerprint density at radius 1 is 0.848 bits per heavy atom. The summed E-state index contributed by atoms with van der Waals surface area (Å²) in [5, 5.41) is 7.47. The summed E-state index contributed by atoms with van der Waals surface area (Å²) in [7, 11) is 4.23. The molecule has 1 unspecified atom stereocenters. The quantitative estimate of drug-likeness (QED) is 0.0936. The van der Waals surface area contributed by atoms with Crippen LogP contribution in [-0.4, -0.2) is 101 Å². The minimum Gasteiger partial charge on any atom is -0.488 e. The second kappa shape index (κ2) is 18.5. The number of aromatic nitrogens is 4. The number of hydrogen-bond acceptors (Lipinski definition) is 10. The van der Waals surface area contributed by atoms with Crippen LogP contribution in [0, 0.1) is 17.8 Å². The van der Waals surface area contributed by atoms with E-state index in [9.17, 15) is 19.2 Å². The van der Waals surface area contributed by atoms with Gasteiger partial charge in [0.1, 0.15) is 36.1 Å². The molecule has 0 saturated carbocycles. The van der Waals surface area contributed by atoms with Crippen LogP contribution in [0.4, 0.5) is 9.59 Å². The van der Waals surface area contributed by atoms with Gasteiger partial charge in [-0.1, -0.05) is 75.7 Å². The van der Waals surface area contributed by atoms with Crippen LogP contribution in [0.25, 0.3) is 44.2 Å². The summed E-state index contributed by atoms with van der Waals surface area (Å²) in [5.74, 6) is 1.94. The Kier molecular flexibility index (Phi) is 12.4. The van der Waals surface area contributed by atoms with Gasteiger partial charge in [-0.25, -0.2) is 19.6 Å². The van der Waals surface area contributed by atoms with Gasteiger partial charge in [-0.3, -0.25) is 9.59 Å². The Labute approximate surface area is 382 Å². The molecule has 16 heteroatoms. The van der Waals surface area contributed by atoms with Gasteiger partial charge in [-0.2, -0.15) is 0 Å². The van der Waals surface area contributed by atoms with E-state index >= 15 is 0 Å². The number of nitrogens with zero attached hydrogens (tertiary/aromatic N) is 4. The van der Waals surface area contributed by atoms with E-state index in [0.29, 0.717) is 56.4 Å². The molecule has 2 fully saturated rings. The summed E-state index contributed by atoms with van der Waals surface area (Å²) < 4.78 is 21.8. The third-order valence-electron chi connectivity index (χ3n) is 13.5. The maximum atomic E-state index is 14.4. The lowest BCUT2D eigenvalue weighted by Crippen LogP contribution is -2.51. The van der Waals surface area contributed by atoms with Gasteiger partial charge in [0.15, 0.2) is 0 Å². The smallest absolute Gasteiger partial charge is 0.407 e. The molecule has 0 spiro atoms. The van der Waals surface area contributed by atoms with Crippen LogP contribution in [0.1, 0.15) is 80.9 Å². The number of carbonyl (C=O) groups excluding carboxylic acids is 4. The van der Waals surface area contributed by atoms with E-state index in [2.05, 4.69) is 63.9 Å². The largest absolute Gasteiger partial charge is 0.488 e. The molecule has 344 valence electrons. The average molecular weight is 897 g/mol. The van der Waals surface area contributed by atoms with Crippen molar-refractivity contribution in [1.82, 2.24) is 40.4 Å². The van der Waals surface area contributed by atoms with Crippen molar-refractivity contribution in [2.45, 2.75) is 70.8 Å². The normalized spacial score (nSPS) is 20.3. The van der Waals surface area contributed by atoms with E-state index in [1.165, 1.54) is 14.2 Å². The predicted octanol–water partition coefficient (Wildman–Crippen LogP) is 7.98. The van der Waals surface area contributed by atoms with Crippen molar-refractivity contribution in [3.8, 4) is 28.1 Å². The second-order valence-corrected chi connectivity index (χ2v) is 17.9. The molecule has 0 bridgehead atoms. The molecule has 2 aromatic heterocycles. The monoisotopic (exact) mass is 896 g/mol. The topological polar surface area (TPSA) is 193 Å². The first-order chi connectivity index (χ1) is 32.0. The van der Waals surface area contributed by atoms with E-state index in [1.54, 1.807) is 12.0 Å². The number of ether oxygens (including phenoxy) is 4. The van der Waals surface area contributed by atoms with E-state index in [0.717, 1.165) is 61.9 Å². The molecule has 2 saturated heterocycles. The van der Waals surface area contributed by atoms with Crippen molar-refractivity contribution in [3.63, 3.8) is 0 Å². The highest BCUT2D eigenvalue weighted by Gasteiger charge is 2.42. The zero-order chi connectivity index (χ0) is 46.2. The molecule has 66 heavy (non-hydrogen) atoms. The highest BCUT2D eigenvalue weighted by Crippen LogP contribution is 2.44. The lowest BCUT2D eigenvalue weighted by atomic mass is 9.92. The Morgan fingerprint density at radius 2 is 1.61 bits per heavy atom. The minimum atomic E-state index is -0.956. The van der Waals surface area contributed by atoms with Gasteiger partial charge < -0.3 is 49.3 Å². The van der Waals surface area contributed by atoms with Gasteiger partial charge in [-0.05, 0) is 76.6 Å².